The van der Waals surface area contributed by atoms with Gasteiger partial charge < -0.3 is 15.5 Å². The summed E-state index contributed by atoms with van der Waals surface area (Å²) in [6.07, 6.45) is 0.546. The van der Waals surface area contributed by atoms with Crippen LogP contribution in [0.2, 0.25) is 5.15 Å². The maximum absolute atomic E-state index is 11.2. The number of aliphatic hydroxyl groups excluding tert-OH is 1. The quantitative estimate of drug-likeness (QED) is 0.714. The Labute approximate surface area is 127 Å². The van der Waals surface area contributed by atoms with Gasteiger partial charge in [0.05, 0.1) is 12.6 Å². The molecular weight excluding hydrogens is 292 g/mol. The van der Waals surface area contributed by atoms with Crippen molar-refractivity contribution in [2.75, 3.05) is 11.9 Å². The van der Waals surface area contributed by atoms with Gasteiger partial charge in [-0.25, -0.2) is 9.78 Å². The summed E-state index contributed by atoms with van der Waals surface area (Å²) in [7, 11) is 0. The highest BCUT2D eigenvalue weighted by atomic mass is 35.5. The molecule has 6 heteroatoms. The van der Waals surface area contributed by atoms with Crippen LogP contribution in [0.25, 0.3) is 0 Å². The maximum Gasteiger partial charge on any atom is 0.339 e. The van der Waals surface area contributed by atoms with Gasteiger partial charge in [0, 0.05) is 0 Å². The number of aromatic nitrogens is 1. The normalized spacial score (nSPS) is 11.9. The van der Waals surface area contributed by atoms with Crippen LogP contribution in [-0.4, -0.2) is 33.8 Å². The van der Waals surface area contributed by atoms with E-state index in [1.165, 1.54) is 12.1 Å². The van der Waals surface area contributed by atoms with Crippen molar-refractivity contribution in [1.82, 2.24) is 4.98 Å². The minimum Gasteiger partial charge on any atom is -0.478 e. The van der Waals surface area contributed by atoms with Gasteiger partial charge in [0.15, 0.2) is 0 Å². The number of hydrogen-bond acceptors (Lipinski definition) is 4. The molecule has 0 radical (unpaired) electrons. The fraction of sp³-hybridized carbons (Fsp3) is 0.200. The first-order valence-corrected chi connectivity index (χ1v) is 6.79. The van der Waals surface area contributed by atoms with Gasteiger partial charge in [-0.15, -0.1) is 0 Å². The third-order valence-corrected chi connectivity index (χ3v) is 3.19. The number of carboxylic acid groups (broad SMARTS) is 1. The Morgan fingerprint density at radius 1 is 1.24 bits per heavy atom. The highest BCUT2D eigenvalue weighted by molar-refractivity contribution is 6.29. The fourth-order valence-electron chi connectivity index (χ4n) is 1.97. The lowest BCUT2D eigenvalue weighted by Crippen LogP contribution is -2.28. The summed E-state index contributed by atoms with van der Waals surface area (Å²) in [6.45, 7) is -0.151. The third-order valence-electron chi connectivity index (χ3n) is 2.98. The molecule has 2 rings (SSSR count). The number of carboxylic acids is 1. The van der Waals surface area contributed by atoms with E-state index in [4.69, 9.17) is 16.7 Å². The van der Waals surface area contributed by atoms with Crippen LogP contribution in [0.5, 0.6) is 0 Å². The largest absolute Gasteiger partial charge is 0.478 e. The predicted octanol–water partition coefficient (Wildman–Crippen LogP) is 2.45. The second-order valence-electron chi connectivity index (χ2n) is 4.55. The zero-order valence-electron chi connectivity index (χ0n) is 11.2. The lowest BCUT2D eigenvalue weighted by molar-refractivity contribution is 0.0697. The van der Waals surface area contributed by atoms with E-state index in [0.29, 0.717) is 6.42 Å². The number of rotatable bonds is 6. The number of pyridine rings is 1. The molecule has 0 fully saturated rings. The van der Waals surface area contributed by atoms with Crippen molar-refractivity contribution in [1.29, 1.82) is 0 Å². The molecule has 0 aliphatic heterocycles. The number of anilines is 1. The number of aliphatic hydroxyl groups is 1. The van der Waals surface area contributed by atoms with E-state index < -0.39 is 5.97 Å². The van der Waals surface area contributed by atoms with Gasteiger partial charge in [-0.1, -0.05) is 41.9 Å². The van der Waals surface area contributed by atoms with E-state index in [-0.39, 0.29) is 29.2 Å². The van der Waals surface area contributed by atoms with Gasteiger partial charge in [-0.05, 0) is 24.1 Å². The van der Waals surface area contributed by atoms with Crippen LogP contribution in [0, 0.1) is 0 Å². The molecular formula is C15H15ClN2O3. The monoisotopic (exact) mass is 306 g/mol. The molecule has 1 aromatic carbocycles. The van der Waals surface area contributed by atoms with Crippen LogP contribution in [-0.2, 0) is 6.42 Å². The van der Waals surface area contributed by atoms with Gasteiger partial charge in [-0.2, -0.15) is 0 Å². The molecule has 0 aliphatic rings. The summed E-state index contributed by atoms with van der Waals surface area (Å²) in [4.78, 5) is 15.2. The van der Waals surface area contributed by atoms with Crippen LogP contribution >= 0.6 is 11.6 Å². The number of halogens is 1. The zero-order chi connectivity index (χ0) is 15.2. The van der Waals surface area contributed by atoms with E-state index in [0.717, 1.165) is 5.56 Å². The molecule has 0 amide bonds. The fourth-order valence-corrected chi connectivity index (χ4v) is 2.12. The lowest BCUT2D eigenvalue weighted by Gasteiger charge is -2.18. The number of nitrogens with one attached hydrogen (secondary N) is 1. The SMILES string of the molecule is O=C(O)c1ccc(Cl)nc1NC(CO)Cc1ccccc1. The molecule has 0 spiro atoms. The molecule has 2 aromatic rings. The molecule has 0 saturated heterocycles. The topological polar surface area (TPSA) is 82.5 Å². The van der Waals surface area contributed by atoms with Crippen molar-refractivity contribution >= 4 is 23.4 Å². The molecule has 1 heterocycles. The van der Waals surface area contributed by atoms with Crippen LogP contribution in [0.3, 0.4) is 0 Å². The Balaban J connectivity index is 2.18. The lowest BCUT2D eigenvalue weighted by atomic mass is 10.1. The van der Waals surface area contributed by atoms with Gasteiger partial charge in [0.1, 0.15) is 16.5 Å². The highest BCUT2D eigenvalue weighted by Crippen LogP contribution is 2.18. The van der Waals surface area contributed by atoms with E-state index in [9.17, 15) is 9.90 Å². The van der Waals surface area contributed by atoms with Crippen LogP contribution in [0.4, 0.5) is 5.82 Å². The average molecular weight is 307 g/mol. The first kappa shape index (κ1) is 15.3. The summed E-state index contributed by atoms with van der Waals surface area (Å²) in [5, 5.41) is 21.8. The van der Waals surface area contributed by atoms with E-state index in [2.05, 4.69) is 10.3 Å². The summed E-state index contributed by atoms with van der Waals surface area (Å²) < 4.78 is 0. The zero-order valence-corrected chi connectivity index (χ0v) is 11.9. The number of hydrogen-bond donors (Lipinski definition) is 3. The first-order valence-electron chi connectivity index (χ1n) is 6.41. The molecule has 110 valence electrons. The number of carbonyl (C=O) groups is 1. The van der Waals surface area contributed by atoms with Crippen LogP contribution in [0.1, 0.15) is 15.9 Å². The number of nitrogens with zero attached hydrogens (tertiary/aromatic N) is 1. The second-order valence-corrected chi connectivity index (χ2v) is 4.94. The van der Waals surface area contributed by atoms with Crippen molar-refractivity contribution in [2.45, 2.75) is 12.5 Å². The van der Waals surface area contributed by atoms with E-state index in [1.54, 1.807) is 0 Å². The van der Waals surface area contributed by atoms with E-state index >= 15 is 0 Å². The Morgan fingerprint density at radius 3 is 2.57 bits per heavy atom. The van der Waals surface area contributed by atoms with E-state index in [1.807, 2.05) is 30.3 Å². The Hall–Kier alpha value is -2.11. The molecule has 1 atom stereocenters. The van der Waals surface area contributed by atoms with Crippen LogP contribution in [0.15, 0.2) is 42.5 Å². The summed E-state index contributed by atoms with van der Waals surface area (Å²) >= 11 is 5.80. The Morgan fingerprint density at radius 2 is 1.95 bits per heavy atom. The third kappa shape index (κ3) is 4.18. The Kier molecular flexibility index (Phi) is 5.14. The van der Waals surface area contributed by atoms with Crippen molar-refractivity contribution in [3.63, 3.8) is 0 Å². The maximum atomic E-state index is 11.2. The predicted molar refractivity (Wildman–Crippen MR) is 80.8 cm³/mol. The van der Waals surface area contributed by atoms with Crippen LogP contribution < -0.4 is 5.32 Å². The van der Waals surface area contributed by atoms with Gasteiger partial charge in [0.2, 0.25) is 0 Å². The average Bonchev–Trinajstić information content (AvgIpc) is 2.47. The number of aromatic carboxylic acids is 1. The smallest absolute Gasteiger partial charge is 0.339 e. The number of benzene rings is 1. The Bertz CT molecular complexity index is 620. The molecule has 1 unspecified atom stereocenters. The molecule has 3 N–H and O–H groups in total. The second kappa shape index (κ2) is 7.06. The molecule has 5 nitrogen and oxygen atoms in total. The highest BCUT2D eigenvalue weighted by Gasteiger charge is 2.16. The standard InChI is InChI=1S/C15H15ClN2O3/c16-13-7-6-12(15(20)21)14(18-13)17-11(9-19)8-10-4-2-1-3-5-10/h1-7,11,19H,8-9H2,(H,17,18)(H,20,21). The van der Waals surface area contributed by atoms with Crippen molar-refractivity contribution in [2.24, 2.45) is 0 Å². The molecule has 21 heavy (non-hydrogen) atoms. The molecule has 0 bridgehead atoms. The van der Waals surface area contributed by atoms with Gasteiger partial charge >= 0.3 is 5.97 Å². The van der Waals surface area contributed by atoms with Gasteiger partial charge in [-0.3, -0.25) is 0 Å². The minimum absolute atomic E-state index is 0.0194. The molecule has 0 aliphatic carbocycles. The van der Waals surface area contributed by atoms with Gasteiger partial charge in [0.25, 0.3) is 0 Å². The summed E-state index contributed by atoms with van der Waals surface area (Å²) in [5.41, 5.74) is 1.05. The first-order chi connectivity index (χ1) is 10.1. The molecule has 0 saturated carbocycles. The summed E-state index contributed by atoms with van der Waals surface area (Å²) in [6, 6.07) is 12.1. The summed E-state index contributed by atoms with van der Waals surface area (Å²) in [5.74, 6) is -0.942. The minimum atomic E-state index is -1.10. The van der Waals surface area contributed by atoms with Crippen molar-refractivity contribution in [3.8, 4) is 0 Å². The molecule has 1 aromatic heterocycles. The van der Waals surface area contributed by atoms with Crippen molar-refractivity contribution in [3.05, 3.63) is 58.7 Å². The van der Waals surface area contributed by atoms with Crippen molar-refractivity contribution < 1.29 is 15.0 Å².